The molecule has 1 amide bonds. The Bertz CT molecular complexity index is 831. The average Bonchev–Trinajstić information content (AvgIpc) is 2.66. The van der Waals surface area contributed by atoms with Crippen molar-refractivity contribution in [2.45, 2.75) is 13.8 Å². The molecule has 0 heterocycles. The van der Waals surface area contributed by atoms with Gasteiger partial charge in [-0.2, -0.15) is 11.8 Å². The van der Waals surface area contributed by atoms with Gasteiger partial charge in [-0.1, -0.05) is 42.0 Å². The molecule has 6 heteroatoms. The summed E-state index contributed by atoms with van der Waals surface area (Å²) < 4.78 is 0. The number of carboxylic acids is 1. The summed E-state index contributed by atoms with van der Waals surface area (Å²) in [6.07, 6.45) is 3.38. The Labute approximate surface area is 164 Å². The lowest BCUT2D eigenvalue weighted by atomic mass is 9.94. The number of amides is 1. The van der Waals surface area contributed by atoms with Gasteiger partial charge in [-0.3, -0.25) is 4.79 Å². The van der Waals surface area contributed by atoms with Crippen LogP contribution >= 0.6 is 11.8 Å². The molecule has 0 aromatic heterocycles. The molecule has 2 aromatic carbocycles. The molecule has 0 bridgehead atoms. The summed E-state index contributed by atoms with van der Waals surface area (Å²) in [4.78, 5) is 24.1. The molecular weight excluding hydrogens is 362 g/mol. The molecule has 0 aliphatic heterocycles. The van der Waals surface area contributed by atoms with Crippen LogP contribution in [0.4, 0.5) is 0 Å². The Hall–Kier alpha value is -2.57. The van der Waals surface area contributed by atoms with Crippen LogP contribution in [0.15, 0.2) is 54.2 Å². The van der Waals surface area contributed by atoms with Gasteiger partial charge >= 0.3 is 5.97 Å². The number of carboxylic acid groups (broad SMARTS) is 1. The Balaban J connectivity index is 0.00000176. The summed E-state index contributed by atoms with van der Waals surface area (Å²) in [5.41, 5.74) is 4.20. The summed E-state index contributed by atoms with van der Waals surface area (Å²) in [5.74, 6) is -1.06. The van der Waals surface area contributed by atoms with Crippen LogP contribution in [-0.2, 0) is 4.79 Å². The minimum Gasteiger partial charge on any atom is -0.477 e. The van der Waals surface area contributed by atoms with Gasteiger partial charge in [-0.05, 0) is 48.9 Å². The standard InChI is InChI=1S/C20H21NO3S.CH4O/c1-13-8-9-16(17(12-13)15-7-5-4-6-14(15)2)19(22)21-18(20(23)24)10-11-25-3;1-2/h4-10,12H,11H2,1-3H3,(H,21,22)(H,23,24);2H,1H3/b18-10+;. The van der Waals surface area contributed by atoms with E-state index >= 15 is 0 Å². The molecule has 144 valence electrons. The van der Waals surface area contributed by atoms with Crippen molar-refractivity contribution in [1.82, 2.24) is 5.32 Å². The fourth-order valence-electron chi connectivity index (χ4n) is 2.50. The number of aryl methyl sites for hydroxylation is 2. The zero-order chi connectivity index (χ0) is 20.4. The van der Waals surface area contributed by atoms with Gasteiger partial charge in [0.05, 0.1) is 0 Å². The van der Waals surface area contributed by atoms with E-state index in [-0.39, 0.29) is 5.70 Å². The molecule has 3 N–H and O–H groups in total. The molecule has 0 saturated heterocycles. The molecule has 2 aromatic rings. The molecular formula is C21H25NO4S. The summed E-state index contributed by atoms with van der Waals surface area (Å²) in [7, 11) is 1.00. The van der Waals surface area contributed by atoms with Crippen LogP contribution in [0.5, 0.6) is 0 Å². The zero-order valence-electron chi connectivity index (χ0n) is 15.9. The second-order valence-corrected chi connectivity index (χ2v) is 6.61. The first-order chi connectivity index (χ1) is 12.9. The maximum absolute atomic E-state index is 12.7. The Morgan fingerprint density at radius 2 is 1.74 bits per heavy atom. The number of carbonyl (C=O) groups excluding carboxylic acids is 1. The third-order valence-corrected chi connectivity index (χ3v) is 4.29. The van der Waals surface area contributed by atoms with Crippen LogP contribution in [0.2, 0.25) is 0 Å². The van der Waals surface area contributed by atoms with Crippen molar-refractivity contribution in [3.05, 3.63) is 70.9 Å². The number of hydrogen-bond donors (Lipinski definition) is 3. The van der Waals surface area contributed by atoms with E-state index < -0.39 is 11.9 Å². The maximum Gasteiger partial charge on any atom is 0.352 e. The van der Waals surface area contributed by atoms with E-state index in [1.54, 1.807) is 6.07 Å². The maximum atomic E-state index is 12.7. The fourth-order valence-corrected chi connectivity index (χ4v) is 2.84. The number of aliphatic hydroxyl groups excluding tert-OH is 1. The number of benzene rings is 2. The van der Waals surface area contributed by atoms with Crippen LogP contribution in [0.25, 0.3) is 11.1 Å². The van der Waals surface area contributed by atoms with Crippen LogP contribution in [0.1, 0.15) is 21.5 Å². The van der Waals surface area contributed by atoms with E-state index in [4.69, 9.17) is 5.11 Å². The topological polar surface area (TPSA) is 86.6 Å². The van der Waals surface area contributed by atoms with E-state index in [1.165, 1.54) is 17.8 Å². The second-order valence-electron chi connectivity index (χ2n) is 5.70. The van der Waals surface area contributed by atoms with Crippen molar-refractivity contribution in [3.8, 4) is 11.1 Å². The van der Waals surface area contributed by atoms with Gasteiger partial charge in [0.15, 0.2) is 0 Å². The van der Waals surface area contributed by atoms with Crippen molar-refractivity contribution in [2.24, 2.45) is 0 Å². The number of carbonyl (C=O) groups is 2. The Kier molecular flexibility index (Phi) is 9.33. The van der Waals surface area contributed by atoms with Crippen molar-refractivity contribution in [3.63, 3.8) is 0 Å². The highest BCUT2D eigenvalue weighted by atomic mass is 32.2. The largest absolute Gasteiger partial charge is 0.477 e. The molecule has 0 atom stereocenters. The minimum atomic E-state index is -1.15. The fraction of sp³-hybridized carbons (Fsp3) is 0.238. The molecule has 0 radical (unpaired) electrons. The monoisotopic (exact) mass is 387 g/mol. The highest BCUT2D eigenvalue weighted by Crippen LogP contribution is 2.28. The smallest absolute Gasteiger partial charge is 0.352 e. The number of hydrogen-bond acceptors (Lipinski definition) is 4. The summed E-state index contributed by atoms with van der Waals surface area (Å²) >= 11 is 1.48. The molecule has 0 fully saturated rings. The number of rotatable bonds is 6. The van der Waals surface area contributed by atoms with E-state index in [2.05, 4.69) is 5.32 Å². The molecule has 27 heavy (non-hydrogen) atoms. The van der Waals surface area contributed by atoms with Crippen LogP contribution in [0.3, 0.4) is 0 Å². The van der Waals surface area contributed by atoms with E-state index in [0.717, 1.165) is 29.4 Å². The predicted octanol–water partition coefficient (Wildman–Crippen LogP) is 3.64. The SMILES string of the molecule is CO.CSC/C=C(/NC(=O)c1ccc(C)cc1-c1ccccc1C)C(=O)O. The lowest BCUT2D eigenvalue weighted by Gasteiger charge is -2.13. The van der Waals surface area contributed by atoms with Crippen LogP contribution in [-0.4, -0.2) is 41.2 Å². The third-order valence-electron chi connectivity index (χ3n) is 3.79. The van der Waals surface area contributed by atoms with E-state index in [9.17, 15) is 14.7 Å². The van der Waals surface area contributed by atoms with Crippen molar-refractivity contribution in [2.75, 3.05) is 19.1 Å². The number of aliphatic hydroxyl groups is 1. The van der Waals surface area contributed by atoms with Gasteiger partial charge in [0.2, 0.25) is 0 Å². The van der Waals surface area contributed by atoms with Crippen molar-refractivity contribution >= 4 is 23.6 Å². The zero-order valence-corrected chi connectivity index (χ0v) is 16.8. The van der Waals surface area contributed by atoms with E-state index in [1.807, 2.05) is 56.5 Å². The van der Waals surface area contributed by atoms with Gasteiger partial charge in [-0.25, -0.2) is 4.79 Å². The van der Waals surface area contributed by atoms with E-state index in [0.29, 0.717) is 11.3 Å². The summed E-state index contributed by atoms with van der Waals surface area (Å²) in [5, 5.41) is 18.8. The van der Waals surface area contributed by atoms with Crippen LogP contribution < -0.4 is 5.32 Å². The normalized spacial score (nSPS) is 10.6. The number of thioether (sulfide) groups is 1. The van der Waals surface area contributed by atoms with Gasteiger partial charge in [0.25, 0.3) is 5.91 Å². The number of nitrogens with one attached hydrogen (secondary N) is 1. The first-order valence-electron chi connectivity index (χ1n) is 8.29. The molecule has 0 aliphatic rings. The molecule has 0 aliphatic carbocycles. The van der Waals surface area contributed by atoms with Gasteiger partial charge in [0, 0.05) is 18.4 Å². The molecule has 0 spiro atoms. The first kappa shape index (κ1) is 22.5. The molecule has 0 unspecified atom stereocenters. The minimum absolute atomic E-state index is 0.101. The molecule has 2 rings (SSSR count). The van der Waals surface area contributed by atoms with Crippen LogP contribution in [0, 0.1) is 13.8 Å². The molecule has 0 saturated carbocycles. The third kappa shape index (κ3) is 6.27. The summed E-state index contributed by atoms with van der Waals surface area (Å²) in [6, 6.07) is 13.4. The predicted molar refractivity (Wildman–Crippen MR) is 111 cm³/mol. The number of aliphatic carboxylic acids is 1. The average molecular weight is 388 g/mol. The highest BCUT2D eigenvalue weighted by Gasteiger charge is 2.17. The van der Waals surface area contributed by atoms with Gasteiger partial charge in [-0.15, -0.1) is 0 Å². The second kappa shape index (κ2) is 11.2. The van der Waals surface area contributed by atoms with Gasteiger partial charge < -0.3 is 15.5 Å². The Morgan fingerprint density at radius 3 is 2.33 bits per heavy atom. The van der Waals surface area contributed by atoms with Crippen molar-refractivity contribution in [1.29, 1.82) is 0 Å². The Morgan fingerprint density at radius 1 is 1.07 bits per heavy atom. The lowest BCUT2D eigenvalue weighted by molar-refractivity contribution is -0.133. The van der Waals surface area contributed by atoms with Gasteiger partial charge in [0.1, 0.15) is 5.70 Å². The lowest BCUT2D eigenvalue weighted by Crippen LogP contribution is -2.28. The highest BCUT2D eigenvalue weighted by molar-refractivity contribution is 7.98. The van der Waals surface area contributed by atoms with Crippen molar-refractivity contribution < 1.29 is 19.8 Å². The first-order valence-corrected chi connectivity index (χ1v) is 9.68. The summed E-state index contributed by atoms with van der Waals surface area (Å²) in [6.45, 7) is 3.95. The molecule has 5 nitrogen and oxygen atoms in total. The quantitative estimate of drug-likeness (QED) is 0.659.